The minimum absolute atomic E-state index is 0.271. The van der Waals surface area contributed by atoms with Crippen LogP contribution >= 0.6 is 11.3 Å². The molecule has 1 aliphatic heterocycles. The van der Waals surface area contributed by atoms with Gasteiger partial charge in [-0.1, -0.05) is 18.3 Å². The predicted molar refractivity (Wildman–Crippen MR) is 102 cm³/mol. The number of aromatic nitrogens is 3. The normalized spacial score (nSPS) is 16.7. The first kappa shape index (κ1) is 17.9. The molecule has 3 heterocycles. The fourth-order valence-corrected chi connectivity index (χ4v) is 4.33. The molecular formula is C18H20FN5O2S. The Bertz CT molecular complexity index is 915. The molecule has 1 aliphatic rings. The molecular weight excluding hydrogens is 369 g/mol. The number of aliphatic carboxylic acids is 1. The van der Waals surface area contributed by atoms with Gasteiger partial charge in [0.25, 0.3) is 0 Å². The molecule has 0 bridgehead atoms. The molecule has 4 rings (SSSR count). The van der Waals surface area contributed by atoms with Crippen LogP contribution in [0.1, 0.15) is 13.3 Å². The van der Waals surface area contributed by atoms with E-state index >= 15 is 0 Å². The molecule has 1 N–H and O–H groups in total. The Hall–Kier alpha value is -2.52. The third-order valence-electron chi connectivity index (χ3n) is 4.87. The topological polar surface area (TPSA) is 74.0 Å². The zero-order chi connectivity index (χ0) is 19.0. The van der Waals surface area contributed by atoms with Crippen LogP contribution in [0.3, 0.4) is 0 Å². The third kappa shape index (κ3) is 3.52. The van der Waals surface area contributed by atoms with Crippen molar-refractivity contribution in [1.82, 2.24) is 19.5 Å². The number of piperazine rings is 1. The molecule has 1 saturated heterocycles. The van der Waals surface area contributed by atoms with Gasteiger partial charge < -0.3 is 10.0 Å². The molecule has 9 heteroatoms. The molecule has 0 radical (unpaired) electrons. The Balaban J connectivity index is 1.47. The Morgan fingerprint density at radius 1 is 1.26 bits per heavy atom. The second-order valence-corrected chi connectivity index (χ2v) is 7.46. The fraction of sp³-hybridized carbons (Fsp3) is 0.389. The molecule has 142 valence electrons. The van der Waals surface area contributed by atoms with Crippen molar-refractivity contribution in [3.8, 4) is 11.3 Å². The van der Waals surface area contributed by atoms with Crippen LogP contribution in [-0.4, -0.2) is 62.8 Å². The predicted octanol–water partition coefficient (Wildman–Crippen LogP) is 2.58. The van der Waals surface area contributed by atoms with Crippen molar-refractivity contribution in [1.29, 1.82) is 0 Å². The molecule has 0 aliphatic carbocycles. The maximum Gasteiger partial charge on any atom is 0.320 e. The summed E-state index contributed by atoms with van der Waals surface area (Å²) < 4.78 is 14.8. The fourth-order valence-electron chi connectivity index (χ4n) is 3.39. The quantitative estimate of drug-likeness (QED) is 0.723. The van der Waals surface area contributed by atoms with Crippen LogP contribution in [0.25, 0.3) is 16.2 Å². The molecule has 3 aromatic rings. The van der Waals surface area contributed by atoms with Gasteiger partial charge in [0.05, 0.1) is 11.9 Å². The van der Waals surface area contributed by atoms with Gasteiger partial charge in [-0.3, -0.25) is 9.69 Å². The van der Waals surface area contributed by atoms with E-state index in [1.165, 1.54) is 23.5 Å². The van der Waals surface area contributed by atoms with E-state index in [0.29, 0.717) is 19.5 Å². The highest BCUT2D eigenvalue weighted by molar-refractivity contribution is 7.20. The van der Waals surface area contributed by atoms with Crippen molar-refractivity contribution in [2.45, 2.75) is 19.4 Å². The zero-order valence-electron chi connectivity index (χ0n) is 14.9. The van der Waals surface area contributed by atoms with Crippen LogP contribution in [0.15, 0.2) is 30.5 Å². The molecule has 0 saturated carbocycles. The number of anilines is 1. The number of benzene rings is 1. The average molecular weight is 389 g/mol. The van der Waals surface area contributed by atoms with Gasteiger partial charge in [0.1, 0.15) is 11.9 Å². The van der Waals surface area contributed by atoms with Crippen molar-refractivity contribution >= 4 is 27.4 Å². The molecule has 1 fully saturated rings. The first-order chi connectivity index (χ1) is 13.0. The number of fused-ring (bicyclic) bond motifs is 1. The van der Waals surface area contributed by atoms with Crippen molar-refractivity contribution < 1.29 is 14.3 Å². The highest BCUT2D eigenvalue weighted by Crippen LogP contribution is 2.27. The summed E-state index contributed by atoms with van der Waals surface area (Å²) in [4.78, 5) is 20.9. The molecule has 0 amide bonds. The smallest absolute Gasteiger partial charge is 0.320 e. The molecule has 2 aromatic heterocycles. The van der Waals surface area contributed by atoms with E-state index in [2.05, 4.69) is 15.0 Å². The Morgan fingerprint density at radius 3 is 2.56 bits per heavy atom. The number of rotatable bonds is 5. The van der Waals surface area contributed by atoms with E-state index in [1.54, 1.807) is 16.6 Å². The van der Waals surface area contributed by atoms with Gasteiger partial charge in [0.2, 0.25) is 10.1 Å². The minimum Gasteiger partial charge on any atom is -0.480 e. The lowest BCUT2D eigenvalue weighted by atomic mass is 10.1. The molecule has 1 atom stereocenters. The van der Waals surface area contributed by atoms with Gasteiger partial charge in [-0.25, -0.2) is 13.9 Å². The second kappa shape index (κ2) is 7.24. The van der Waals surface area contributed by atoms with Gasteiger partial charge in [-0.15, -0.1) is 5.10 Å². The Kier molecular flexibility index (Phi) is 4.79. The lowest BCUT2D eigenvalue weighted by Crippen LogP contribution is -2.52. The summed E-state index contributed by atoms with van der Waals surface area (Å²) in [6.07, 6.45) is 2.45. The van der Waals surface area contributed by atoms with Gasteiger partial charge in [0, 0.05) is 31.7 Å². The first-order valence-corrected chi connectivity index (χ1v) is 9.70. The summed E-state index contributed by atoms with van der Waals surface area (Å²) in [7, 11) is 0. The van der Waals surface area contributed by atoms with E-state index in [0.717, 1.165) is 34.4 Å². The maximum atomic E-state index is 13.1. The standard InChI is InChI=1S/C18H20FN5O2S/c1-2-15(16(25)26)22-7-9-23(10-8-22)18-21-24-11-14(20-17(24)27-18)12-3-5-13(19)6-4-12/h3-6,11,15H,2,7-10H2,1H3,(H,25,26). The van der Waals surface area contributed by atoms with E-state index < -0.39 is 12.0 Å². The third-order valence-corrected chi connectivity index (χ3v) is 5.85. The van der Waals surface area contributed by atoms with Crippen LogP contribution < -0.4 is 4.90 Å². The van der Waals surface area contributed by atoms with Crippen LogP contribution in [-0.2, 0) is 4.79 Å². The first-order valence-electron chi connectivity index (χ1n) is 8.89. The number of imidazole rings is 1. The van der Waals surface area contributed by atoms with Crippen LogP contribution in [0, 0.1) is 5.82 Å². The number of carbonyl (C=O) groups is 1. The Labute approximate surface area is 159 Å². The van der Waals surface area contributed by atoms with E-state index in [1.807, 2.05) is 18.0 Å². The second-order valence-electron chi connectivity index (χ2n) is 6.53. The number of carboxylic acid groups (broad SMARTS) is 1. The SMILES string of the molecule is CCC(C(=O)O)N1CCN(c2nn3cc(-c4ccc(F)cc4)nc3s2)CC1. The van der Waals surface area contributed by atoms with Crippen LogP contribution in [0.4, 0.5) is 9.52 Å². The summed E-state index contributed by atoms with van der Waals surface area (Å²) in [5, 5.41) is 14.8. The van der Waals surface area contributed by atoms with Crippen molar-refractivity contribution in [2.75, 3.05) is 31.1 Å². The van der Waals surface area contributed by atoms with Gasteiger partial charge >= 0.3 is 5.97 Å². The van der Waals surface area contributed by atoms with Crippen molar-refractivity contribution in [3.63, 3.8) is 0 Å². The molecule has 27 heavy (non-hydrogen) atoms. The van der Waals surface area contributed by atoms with Gasteiger partial charge in [-0.2, -0.15) is 0 Å². The Morgan fingerprint density at radius 2 is 1.96 bits per heavy atom. The van der Waals surface area contributed by atoms with Gasteiger partial charge in [0.15, 0.2) is 0 Å². The number of nitrogens with zero attached hydrogens (tertiary/aromatic N) is 5. The average Bonchev–Trinajstić information content (AvgIpc) is 3.22. The van der Waals surface area contributed by atoms with E-state index in [9.17, 15) is 14.3 Å². The zero-order valence-corrected chi connectivity index (χ0v) is 15.7. The molecule has 0 spiro atoms. The number of halogens is 1. The largest absolute Gasteiger partial charge is 0.480 e. The monoisotopic (exact) mass is 389 g/mol. The summed E-state index contributed by atoms with van der Waals surface area (Å²) in [6, 6.07) is 5.83. The molecule has 1 aromatic carbocycles. The minimum atomic E-state index is -0.757. The summed E-state index contributed by atoms with van der Waals surface area (Å²) in [5.74, 6) is -1.03. The number of hydrogen-bond acceptors (Lipinski definition) is 6. The van der Waals surface area contributed by atoms with E-state index in [4.69, 9.17) is 0 Å². The highest BCUT2D eigenvalue weighted by atomic mass is 32.1. The summed E-state index contributed by atoms with van der Waals surface area (Å²) in [6.45, 7) is 4.79. The van der Waals surface area contributed by atoms with Crippen LogP contribution in [0.5, 0.6) is 0 Å². The highest BCUT2D eigenvalue weighted by Gasteiger charge is 2.28. The lowest BCUT2D eigenvalue weighted by Gasteiger charge is -2.37. The summed E-state index contributed by atoms with van der Waals surface area (Å²) in [5.41, 5.74) is 1.61. The van der Waals surface area contributed by atoms with Crippen molar-refractivity contribution in [3.05, 3.63) is 36.3 Å². The number of carboxylic acids is 1. The molecule has 7 nitrogen and oxygen atoms in total. The molecule has 1 unspecified atom stereocenters. The van der Waals surface area contributed by atoms with E-state index in [-0.39, 0.29) is 5.82 Å². The lowest BCUT2D eigenvalue weighted by molar-refractivity contribution is -0.143. The van der Waals surface area contributed by atoms with Crippen molar-refractivity contribution in [2.24, 2.45) is 0 Å². The van der Waals surface area contributed by atoms with Gasteiger partial charge in [-0.05, 0) is 30.7 Å². The van der Waals surface area contributed by atoms with Crippen LogP contribution in [0.2, 0.25) is 0 Å². The summed E-state index contributed by atoms with van der Waals surface area (Å²) >= 11 is 1.50. The number of hydrogen-bond donors (Lipinski definition) is 1. The maximum absolute atomic E-state index is 13.1.